The number of nitrogens with zero attached hydrogens (tertiary/aromatic N) is 3. The van der Waals surface area contributed by atoms with Crippen LogP contribution >= 0.6 is 30.5 Å². The van der Waals surface area contributed by atoms with Gasteiger partial charge in [0.15, 0.2) is 4.80 Å². The van der Waals surface area contributed by atoms with Gasteiger partial charge in [0.25, 0.3) is 11.8 Å². The molecular formula is C21H21F4N4O6PS2. The van der Waals surface area contributed by atoms with Gasteiger partial charge in [-0.25, -0.2) is 8.96 Å². The number of halogens is 4. The average molecular weight is 597 g/mol. The zero-order valence-electron chi connectivity index (χ0n) is 19.9. The molecule has 2 heterocycles. The van der Waals surface area contributed by atoms with Crippen molar-refractivity contribution in [2.45, 2.75) is 19.3 Å². The van der Waals surface area contributed by atoms with E-state index in [-0.39, 0.29) is 28.0 Å². The second kappa shape index (κ2) is 11.5. The average Bonchev–Trinajstić information content (AvgIpc) is 3.39. The Morgan fingerprint density at radius 2 is 1.89 bits per heavy atom. The smallest absolute Gasteiger partial charge is 0.369 e. The van der Waals surface area contributed by atoms with Crippen molar-refractivity contribution in [1.29, 1.82) is 0 Å². The summed E-state index contributed by atoms with van der Waals surface area (Å²) in [5, 5.41) is 6.07. The molecule has 2 amide bonds. The molecule has 3 rings (SSSR count). The Morgan fingerprint density at radius 3 is 2.45 bits per heavy atom. The highest BCUT2D eigenvalue weighted by molar-refractivity contribution is 7.46. The summed E-state index contributed by atoms with van der Waals surface area (Å²) >= 11 is 2.06. The van der Waals surface area contributed by atoms with E-state index in [1.165, 1.54) is 23.8 Å². The second-order valence-electron chi connectivity index (χ2n) is 7.87. The van der Waals surface area contributed by atoms with E-state index in [1.807, 2.05) is 0 Å². The van der Waals surface area contributed by atoms with Gasteiger partial charge in [0, 0.05) is 32.1 Å². The minimum atomic E-state index is -5.01. The molecule has 0 radical (unpaired) electrons. The number of thiazole rings is 1. The number of thiophene rings is 1. The fraction of sp³-hybridized carbons (Fsp3) is 0.286. The second-order valence-corrected chi connectivity index (χ2v) is 10.8. The largest absolute Gasteiger partial charge is 0.471 e. The molecule has 17 heteroatoms. The molecule has 0 saturated heterocycles. The van der Waals surface area contributed by atoms with Gasteiger partial charge >= 0.3 is 14.0 Å². The van der Waals surface area contributed by atoms with Crippen molar-refractivity contribution in [2.24, 2.45) is 4.99 Å². The number of benzene rings is 1. The van der Waals surface area contributed by atoms with Gasteiger partial charge in [-0.05, 0) is 23.1 Å². The van der Waals surface area contributed by atoms with Crippen molar-refractivity contribution in [3.63, 3.8) is 0 Å². The summed E-state index contributed by atoms with van der Waals surface area (Å²) < 4.78 is 69.9. The summed E-state index contributed by atoms with van der Waals surface area (Å²) in [5.74, 6) is -2.70. The summed E-state index contributed by atoms with van der Waals surface area (Å²) in [6, 6.07) is 2.10. The molecule has 0 bridgehead atoms. The highest BCUT2D eigenvalue weighted by Crippen LogP contribution is 2.37. The molecule has 3 aromatic rings. The molecule has 2 aromatic heterocycles. The number of carbonyl (C=O) groups is 2. The molecule has 38 heavy (non-hydrogen) atoms. The SMILES string of the molecule is CNC(=O)c1c(CC(=O)/N=c2\scc(-c3ccc(C(F)(F)F)c(F)c3)n2COP(=O)(O)O)csc1N(C)C. The third-order valence-electron chi connectivity index (χ3n) is 4.99. The lowest BCUT2D eigenvalue weighted by molar-refractivity contribution is -0.140. The Kier molecular flexibility index (Phi) is 8.96. The fourth-order valence-corrected chi connectivity index (χ4v) is 5.52. The van der Waals surface area contributed by atoms with Crippen LogP contribution in [0.1, 0.15) is 21.5 Å². The highest BCUT2D eigenvalue weighted by atomic mass is 32.1. The number of phosphoric ester groups is 1. The number of phosphoric acid groups is 1. The number of hydrogen-bond donors (Lipinski definition) is 3. The third-order valence-corrected chi connectivity index (χ3v) is 7.50. The van der Waals surface area contributed by atoms with Gasteiger partial charge in [0.2, 0.25) is 0 Å². The first-order valence-electron chi connectivity index (χ1n) is 10.4. The summed E-state index contributed by atoms with van der Waals surface area (Å²) in [5.41, 5.74) is -0.888. The predicted molar refractivity (Wildman–Crippen MR) is 132 cm³/mol. The first kappa shape index (κ1) is 29.7. The molecule has 0 aliphatic carbocycles. The number of hydrogen-bond acceptors (Lipinski definition) is 7. The maximum absolute atomic E-state index is 14.2. The molecule has 0 saturated carbocycles. The number of nitrogens with one attached hydrogen (secondary N) is 1. The number of anilines is 1. The lowest BCUT2D eigenvalue weighted by Crippen LogP contribution is -2.23. The maximum Gasteiger partial charge on any atom is 0.471 e. The zero-order chi connectivity index (χ0) is 28.4. The molecule has 3 N–H and O–H groups in total. The van der Waals surface area contributed by atoms with Crippen LogP contribution in [0.4, 0.5) is 22.6 Å². The summed E-state index contributed by atoms with van der Waals surface area (Å²) in [6.07, 6.45) is -5.22. The number of carbonyl (C=O) groups excluding carboxylic acids is 2. The molecule has 0 aliphatic heterocycles. The van der Waals surface area contributed by atoms with Gasteiger partial charge in [-0.15, -0.1) is 22.7 Å². The number of amides is 2. The van der Waals surface area contributed by atoms with Crippen LogP contribution in [0.2, 0.25) is 0 Å². The Labute approximate surface area is 221 Å². The lowest BCUT2D eigenvalue weighted by atomic mass is 10.1. The van der Waals surface area contributed by atoms with E-state index < -0.39 is 43.9 Å². The molecule has 0 spiro atoms. The Bertz CT molecular complexity index is 1470. The predicted octanol–water partition coefficient (Wildman–Crippen LogP) is 3.60. The van der Waals surface area contributed by atoms with Crippen LogP contribution in [0.5, 0.6) is 0 Å². The normalized spacial score (nSPS) is 12.6. The maximum atomic E-state index is 14.2. The van der Waals surface area contributed by atoms with Crippen LogP contribution in [0.15, 0.2) is 34.0 Å². The van der Waals surface area contributed by atoms with E-state index in [9.17, 15) is 31.7 Å². The van der Waals surface area contributed by atoms with Gasteiger partial charge < -0.3 is 20.0 Å². The van der Waals surface area contributed by atoms with E-state index in [2.05, 4.69) is 14.8 Å². The first-order chi connectivity index (χ1) is 17.6. The monoisotopic (exact) mass is 596 g/mol. The van der Waals surface area contributed by atoms with Gasteiger partial charge in [0.05, 0.1) is 23.2 Å². The van der Waals surface area contributed by atoms with E-state index in [4.69, 9.17) is 9.79 Å². The van der Waals surface area contributed by atoms with Crippen LogP contribution in [0, 0.1) is 5.82 Å². The van der Waals surface area contributed by atoms with Crippen molar-refractivity contribution in [3.8, 4) is 11.3 Å². The van der Waals surface area contributed by atoms with Crippen LogP contribution in [-0.2, 0) is 33.2 Å². The molecule has 1 aromatic carbocycles. The molecule has 0 unspecified atom stereocenters. The third kappa shape index (κ3) is 6.95. The molecular weight excluding hydrogens is 575 g/mol. The van der Waals surface area contributed by atoms with Crippen LogP contribution < -0.4 is 15.0 Å². The number of aromatic nitrogens is 1. The fourth-order valence-electron chi connectivity index (χ4n) is 3.33. The van der Waals surface area contributed by atoms with E-state index in [0.29, 0.717) is 22.7 Å². The molecule has 0 aliphatic rings. The van der Waals surface area contributed by atoms with Gasteiger partial charge in [-0.2, -0.15) is 18.2 Å². The minimum Gasteiger partial charge on any atom is -0.369 e. The van der Waals surface area contributed by atoms with Crippen LogP contribution in [-0.4, -0.2) is 47.3 Å². The van der Waals surface area contributed by atoms with E-state index in [0.717, 1.165) is 22.0 Å². The van der Waals surface area contributed by atoms with Crippen molar-refractivity contribution in [2.75, 3.05) is 26.0 Å². The van der Waals surface area contributed by atoms with Crippen molar-refractivity contribution in [3.05, 3.63) is 56.3 Å². The van der Waals surface area contributed by atoms with E-state index in [1.54, 1.807) is 24.4 Å². The van der Waals surface area contributed by atoms with Crippen LogP contribution in [0.3, 0.4) is 0 Å². The number of rotatable bonds is 8. The van der Waals surface area contributed by atoms with Crippen molar-refractivity contribution >= 4 is 47.3 Å². The molecule has 0 atom stereocenters. The minimum absolute atomic E-state index is 0.000832. The standard InChI is InChI=1S/C21H21F4N4O6PS2/c1-26-18(31)17-12(8-37-19(17)28(2)3)7-16(30)27-20-29(10-35-36(32,33)34)15(9-38-20)11-4-5-13(14(22)6-11)21(23,24)25/h4-6,8-9H,7,10H2,1-3H3,(H,26,31)(H2,32,33,34)/b27-20-. The highest BCUT2D eigenvalue weighted by Gasteiger charge is 2.34. The summed E-state index contributed by atoms with van der Waals surface area (Å²) in [7, 11) is -0.103. The summed E-state index contributed by atoms with van der Waals surface area (Å²) in [6.45, 7) is -0.843. The van der Waals surface area contributed by atoms with E-state index >= 15 is 0 Å². The van der Waals surface area contributed by atoms with Gasteiger partial charge in [-0.3, -0.25) is 18.7 Å². The lowest BCUT2D eigenvalue weighted by Gasteiger charge is -2.13. The molecule has 0 fully saturated rings. The van der Waals surface area contributed by atoms with Gasteiger partial charge in [-0.1, -0.05) is 6.07 Å². The Hall–Kier alpha value is -2.88. The number of alkyl halides is 3. The van der Waals surface area contributed by atoms with Gasteiger partial charge in [0.1, 0.15) is 17.5 Å². The topological polar surface area (TPSA) is 133 Å². The summed E-state index contributed by atoms with van der Waals surface area (Å²) in [4.78, 5) is 49.0. The molecule has 206 valence electrons. The quantitative estimate of drug-likeness (QED) is 0.267. The Morgan fingerprint density at radius 1 is 1.21 bits per heavy atom. The Balaban J connectivity index is 2.04. The first-order valence-corrected chi connectivity index (χ1v) is 13.7. The van der Waals surface area contributed by atoms with Crippen LogP contribution in [0.25, 0.3) is 11.3 Å². The van der Waals surface area contributed by atoms with Crippen molar-refractivity contribution < 1.29 is 46.0 Å². The van der Waals surface area contributed by atoms with Crippen molar-refractivity contribution in [1.82, 2.24) is 9.88 Å². The zero-order valence-corrected chi connectivity index (χ0v) is 22.5. The molecule has 10 nitrogen and oxygen atoms in total.